The van der Waals surface area contributed by atoms with Gasteiger partial charge in [-0.15, -0.1) is 0 Å². The van der Waals surface area contributed by atoms with Gasteiger partial charge in [0.1, 0.15) is 0 Å². The molecule has 0 spiro atoms. The van der Waals surface area contributed by atoms with Crippen molar-refractivity contribution in [1.29, 1.82) is 0 Å². The molecule has 1 fully saturated rings. The van der Waals surface area contributed by atoms with E-state index >= 15 is 0 Å². The van der Waals surface area contributed by atoms with E-state index in [9.17, 15) is 9.90 Å². The quantitative estimate of drug-likeness (QED) is 0.885. The summed E-state index contributed by atoms with van der Waals surface area (Å²) >= 11 is 0. The van der Waals surface area contributed by atoms with Gasteiger partial charge in [-0.05, 0) is 37.7 Å². The van der Waals surface area contributed by atoms with Crippen LogP contribution in [0, 0.1) is 0 Å². The Kier molecular flexibility index (Phi) is 5.40. The van der Waals surface area contributed by atoms with Crippen molar-refractivity contribution in [3.05, 3.63) is 35.9 Å². The van der Waals surface area contributed by atoms with Gasteiger partial charge in [0.2, 0.25) is 5.91 Å². The van der Waals surface area contributed by atoms with Gasteiger partial charge in [-0.25, -0.2) is 0 Å². The van der Waals surface area contributed by atoms with E-state index in [2.05, 4.69) is 0 Å². The number of aliphatic hydroxyl groups excluding tert-OH is 1. The highest BCUT2D eigenvalue weighted by Gasteiger charge is 2.16. The van der Waals surface area contributed by atoms with Gasteiger partial charge in [0.15, 0.2) is 0 Å². The summed E-state index contributed by atoms with van der Waals surface area (Å²) in [6, 6.07) is 9.65. The Hall–Kier alpha value is -1.35. The van der Waals surface area contributed by atoms with E-state index in [-0.39, 0.29) is 5.91 Å². The molecule has 1 unspecified atom stereocenters. The first-order valence-electron chi connectivity index (χ1n) is 7.28. The minimum Gasteiger partial charge on any atom is -0.388 e. The Morgan fingerprint density at radius 3 is 2.53 bits per heavy atom. The topological polar surface area (TPSA) is 40.5 Å². The summed E-state index contributed by atoms with van der Waals surface area (Å²) in [5.74, 6) is 0.250. The number of benzene rings is 1. The Balaban J connectivity index is 1.69. The molecule has 2 rings (SSSR count). The fraction of sp³-hybridized carbons (Fsp3) is 0.562. The van der Waals surface area contributed by atoms with Gasteiger partial charge in [-0.2, -0.15) is 0 Å². The molecule has 1 N–H and O–H groups in total. The predicted molar refractivity (Wildman–Crippen MR) is 75.7 cm³/mol. The smallest absolute Gasteiger partial charge is 0.222 e. The average molecular weight is 261 g/mol. The van der Waals surface area contributed by atoms with Crippen molar-refractivity contribution in [2.75, 3.05) is 13.1 Å². The van der Waals surface area contributed by atoms with Crippen LogP contribution in [-0.4, -0.2) is 29.0 Å². The highest BCUT2D eigenvalue weighted by atomic mass is 16.3. The number of hydrogen-bond acceptors (Lipinski definition) is 2. The number of hydrogen-bond donors (Lipinski definition) is 1. The number of likely N-dealkylation sites (tertiary alicyclic amines) is 1. The van der Waals surface area contributed by atoms with Crippen molar-refractivity contribution in [2.45, 2.75) is 44.6 Å². The van der Waals surface area contributed by atoms with E-state index in [0.29, 0.717) is 12.8 Å². The van der Waals surface area contributed by atoms with Crippen molar-refractivity contribution in [2.24, 2.45) is 0 Å². The van der Waals surface area contributed by atoms with Crippen LogP contribution in [0.5, 0.6) is 0 Å². The number of carbonyl (C=O) groups excluding carboxylic acids is 1. The molecule has 1 amide bonds. The van der Waals surface area contributed by atoms with E-state index in [1.807, 2.05) is 35.2 Å². The molecule has 0 aliphatic carbocycles. The minimum absolute atomic E-state index is 0.250. The zero-order valence-electron chi connectivity index (χ0n) is 11.4. The molecule has 1 aliphatic heterocycles. The van der Waals surface area contributed by atoms with Crippen LogP contribution in [-0.2, 0) is 4.79 Å². The second-order valence-corrected chi connectivity index (χ2v) is 5.26. The molecule has 1 aromatic rings. The molecular weight excluding hydrogens is 238 g/mol. The largest absolute Gasteiger partial charge is 0.388 e. The van der Waals surface area contributed by atoms with E-state index in [1.165, 1.54) is 6.42 Å². The molecule has 3 heteroatoms. The van der Waals surface area contributed by atoms with Gasteiger partial charge in [-0.1, -0.05) is 30.3 Å². The van der Waals surface area contributed by atoms with Crippen LogP contribution in [0.4, 0.5) is 0 Å². The Morgan fingerprint density at radius 1 is 1.16 bits per heavy atom. The zero-order chi connectivity index (χ0) is 13.5. The van der Waals surface area contributed by atoms with Crippen molar-refractivity contribution in [1.82, 2.24) is 4.90 Å². The number of rotatable bonds is 5. The molecule has 1 heterocycles. The van der Waals surface area contributed by atoms with E-state index in [1.54, 1.807) is 0 Å². The highest BCUT2D eigenvalue weighted by Crippen LogP contribution is 2.19. The molecule has 104 valence electrons. The number of piperidine rings is 1. The monoisotopic (exact) mass is 261 g/mol. The predicted octanol–water partition coefficient (Wildman–Crippen LogP) is 2.90. The fourth-order valence-electron chi connectivity index (χ4n) is 2.59. The van der Waals surface area contributed by atoms with Crippen LogP contribution in [0.25, 0.3) is 0 Å². The maximum Gasteiger partial charge on any atom is 0.222 e. The first kappa shape index (κ1) is 14.1. The molecule has 1 saturated heterocycles. The van der Waals surface area contributed by atoms with E-state index in [0.717, 1.165) is 37.9 Å². The normalized spacial score (nSPS) is 17.2. The van der Waals surface area contributed by atoms with Crippen LogP contribution in [0.15, 0.2) is 30.3 Å². The van der Waals surface area contributed by atoms with Gasteiger partial charge in [0.25, 0.3) is 0 Å². The molecule has 0 saturated carbocycles. The van der Waals surface area contributed by atoms with Crippen LogP contribution >= 0.6 is 0 Å². The van der Waals surface area contributed by atoms with Crippen molar-refractivity contribution >= 4 is 5.91 Å². The standard InChI is InChI=1S/C16H23NO2/c18-15(14-8-3-1-4-9-14)10-7-11-16(19)17-12-5-2-6-13-17/h1,3-4,8-9,15,18H,2,5-7,10-13H2. The highest BCUT2D eigenvalue weighted by molar-refractivity contribution is 5.76. The molecule has 1 atom stereocenters. The summed E-state index contributed by atoms with van der Waals surface area (Å²) in [6.07, 6.45) is 5.04. The second kappa shape index (κ2) is 7.29. The van der Waals surface area contributed by atoms with Crippen molar-refractivity contribution in [3.8, 4) is 0 Å². The number of aliphatic hydroxyl groups is 1. The zero-order valence-corrected chi connectivity index (χ0v) is 11.4. The third-order valence-corrected chi connectivity index (χ3v) is 3.76. The lowest BCUT2D eigenvalue weighted by molar-refractivity contribution is -0.132. The maximum absolute atomic E-state index is 12.0. The summed E-state index contributed by atoms with van der Waals surface area (Å²) in [7, 11) is 0. The molecule has 3 nitrogen and oxygen atoms in total. The SMILES string of the molecule is O=C(CCCC(O)c1ccccc1)N1CCCCC1. The Morgan fingerprint density at radius 2 is 1.84 bits per heavy atom. The molecule has 0 bridgehead atoms. The first-order chi connectivity index (χ1) is 9.27. The lowest BCUT2D eigenvalue weighted by Crippen LogP contribution is -2.35. The summed E-state index contributed by atoms with van der Waals surface area (Å²) in [4.78, 5) is 13.9. The molecule has 19 heavy (non-hydrogen) atoms. The van der Waals surface area contributed by atoms with Crippen LogP contribution in [0.2, 0.25) is 0 Å². The first-order valence-corrected chi connectivity index (χ1v) is 7.28. The lowest BCUT2D eigenvalue weighted by atomic mass is 10.0. The van der Waals surface area contributed by atoms with Gasteiger partial charge in [0.05, 0.1) is 6.10 Å². The molecule has 0 radical (unpaired) electrons. The second-order valence-electron chi connectivity index (χ2n) is 5.26. The number of carbonyl (C=O) groups is 1. The third-order valence-electron chi connectivity index (χ3n) is 3.76. The van der Waals surface area contributed by atoms with Gasteiger partial charge < -0.3 is 10.0 Å². The summed E-state index contributed by atoms with van der Waals surface area (Å²) in [5.41, 5.74) is 0.938. The summed E-state index contributed by atoms with van der Waals surface area (Å²) in [6.45, 7) is 1.83. The van der Waals surface area contributed by atoms with Gasteiger partial charge >= 0.3 is 0 Å². The van der Waals surface area contributed by atoms with Crippen LogP contribution in [0.1, 0.15) is 50.2 Å². The number of amides is 1. The van der Waals surface area contributed by atoms with Crippen molar-refractivity contribution in [3.63, 3.8) is 0 Å². The van der Waals surface area contributed by atoms with Crippen LogP contribution < -0.4 is 0 Å². The van der Waals surface area contributed by atoms with Crippen LogP contribution in [0.3, 0.4) is 0 Å². The average Bonchev–Trinajstić information content (AvgIpc) is 2.49. The van der Waals surface area contributed by atoms with E-state index < -0.39 is 6.10 Å². The van der Waals surface area contributed by atoms with E-state index in [4.69, 9.17) is 0 Å². The minimum atomic E-state index is -0.449. The molecule has 1 aromatic carbocycles. The summed E-state index contributed by atoms with van der Waals surface area (Å²) < 4.78 is 0. The fourth-order valence-corrected chi connectivity index (χ4v) is 2.59. The van der Waals surface area contributed by atoms with Gasteiger partial charge in [0, 0.05) is 19.5 Å². The lowest BCUT2D eigenvalue weighted by Gasteiger charge is -2.26. The summed E-state index contributed by atoms with van der Waals surface area (Å²) in [5, 5.41) is 10.0. The van der Waals surface area contributed by atoms with Crippen molar-refractivity contribution < 1.29 is 9.90 Å². The third kappa shape index (κ3) is 4.35. The molecular formula is C16H23NO2. The molecule has 0 aromatic heterocycles. The van der Waals surface area contributed by atoms with Gasteiger partial charge in [-0.3, -0.25) is 4.79 Å². The molecule has 1 aliphatic rings. The Bertz CT molecular complexity index is 385. The Labute approximate surface area is 115 Å². The number of nitrogens with zero attached hydrogens (tertiary/aromatic N) is 1. The maximum atomic E-state index is 12.0.